The van der Waals surface area contributed by atoms with Crippen LogP contribution in [0.3, 0.4) is 0 Å². The minimum Gasteiger partial charge on any atom is -0.312 e. The maximum Gasteiger partial charge on any atom is 0.250 e. The van der Waals surface area contributed by atoms with Crippen LogP contribution in [0.4, 0.5) is 0 Å². The van der Waals surface area contributed by atoms with Crippen LogP contribution in [0.5, 0.6) is 0 Å². The highest BCUT2D eigenvalue weighted by molar-refractivity contribution is 5.18. The van der Waals surface area contributed by atoms with Crippen LogP contribution in [-0.4, -0.2) is 51.8 Å². The van der Waals surface area contributed by atoms with Crippen LogP contribution in [0.15, 0.2) is 46.0 Å². The number of pyridine rings is 2. The maximum atomic E-state index is 12.2. The predicted molar refractivity (Wildman–Crippen MR) is 111 cm³/mol. The van der Waals surface area contributed by atoms with E-state index >= 15 is 0 Å². The van der Waals surface area contributed by atoms with Crippen molar-refractivity contribution in [3.05, 3.63) is 68.5 Å². The first-order valence-corrected chi connectivity index (χ1v) is 11.0. The molecule has 6 heteroatoms. The number of nitrogens with zero attached hydrogens (tertiary/aromatic N) is 4. The van der Waals surface area contributed by atoms with Crippen molar-refractivity contribution in [3.8, 4) is 0 Å². The zero-order chi connectivity index (χ0) is 19.5. The van der Waals surface area contributed by atoms with Crippen LogP contribution < -0.4 is 11.1 Å². The first-order valence-electron chi connectivity index (χ1n) is 11.0. The molecule has 6 rings (SSSR count). The molecule has 0 aromatic carbocycles. The molecule has 0 spiro atoms. The summed E-state index contributed by atoms with van der Waals surface area (Å²) in [4.78, 5) is 29.7. The van der Waals surface area contributed by atoms with E-state index < -0.39 is 0 Å². The van der Waals surface area contributed by atoms with Gasteiger partial charge in [0.25, 0.3) is 11.1 Å². The molecule has 0 saturated carbocycles. The zero-order valence-electron chi connectivity index (χ0n) is 16.7. The summed E-state index contributed by atoms with van der Waals surface area (Å²) >= 11 is 0. The van der Waals surface area contributed by atoms with Gasteiger partial charge in [0.15, 0.2) is 0 Å². The summed E-state index contributed by atoms with van der Waals surface area (Å²) in [5.41, 5.74) is 2.76. The lowest BCUT2D eigenvalue weighted by atomic mass is 9.82. The molecule has 152 valence electrons. The minimum atomic E-state index is 0.156. The molecule has 4 atom stereocenters. The lowest BCUT2D eigenvalue weighted by Gasteiger charge is -2.47. The molecule has 2 aromatic rings. The number of rotatable bonds is 2. The molecule has 0 N–H and O–H groups in total. The Hall–Kier alpha value is -2.18. The molecule has 2 fully saturated rings. The summed E-state index contributed by atoms with van der Waals surface area (Å²) in [5, 5.41) is 0. The Labute approximate surface area is 170 Å². The molecule has 2 saturated heterocycles. The van der Waals surface area contributed by atoms with E-state index in [0.29, 0.717) is 23.7 Å². The van der Waals surface area contributed by atoms with Gasteiger partial charge in [-0.15, -0.1) is 0 Å². The summed E-state index contributed by atoms with van der Waals surface area (Å²) in [6.45, 7) is 6.99. The average Bonchev–Trinajstić information content (AvgIpc) is 2.70. The second kappa shape index (κ2) is 6.67. The van der Waals surface area contributed by atoms with Crippen LogP contribution in [0.25, 0.3) is 0 Å². The highest BCUT2D eigenvalue weighted by Crippen LogP contribution is 2.37. The molecule has 2 aromatic heterocycles. The maximum absolute atomic E-state index is 12.2. The van der Waals surface area contributed by atoms with E-state index in [4.69, 9.17) is 0 Å². The molecule has 4 aliphatic rings. The van der Waals surface area contributed by atoms with E-state index in [1.165, 1.54) is 24.2 Å². The summed E-state index contributed by atoms with van der Waals surface area (Å²) in [7, 11) is 0. The van der Waals surface area contributed by atoms with Crippen LogP contribution >= 0.6 is 0 Å². The summed E-state index contributed by atoms with van der Waals surface area (Å²) < 4.78 is 4.02. The number of hydrogen-bond donors (Lipinski definition) is 0. The van der Waals surface area contributed by atoms with E-state index in [9.17, 15) is 9.59 Å². The van der Waals surface area contributed by atoms with Crippen molar-refractivity contribution >= 4 is 0 Å². The fourth-order valence-electron chi connectivity index (χ4n) is 6.50. The van der Waals surface area contributed by atoms with Crippen LogP contribution in [-0.2, 0) is 13.1 Å². The summed E-state index contributed by atoms with van der Waals surface area (Å²) in [6, 6.07) is 11.5. The Bertz CT molecular complexity index is 974. The Morgan fingerprint density at radius 2 is 1.14 bits per heavy atom. The molecule has 4 bridgehead atoms. The Morgan fingerprint density at radius 1 is 0.655 bits per heavy atom. The summed E-state index contributed by atoms with van der Waals surface area (Å²) in [5.74, 6) is 2.09. The molecular formula is C23H28N4O2. The highest BCUT2D eigenvalue weighted by Gasteiger charge is 2.38. The van der Waals surface area contributed by atoms with Gasteiger partial charge in [-0.05, 0) is 36.8 Å². The van der Waals surface area contributed by atoms with Gasteiger partial charge in [0.1, 0.15) is 0 Å². The van der Waals surface area contributed by atoms with E-state index in [2.05, 4.69) is 21.9 Å². The van der Waals surface area contributed by atoms with Gasteiger partial charge in [0.2, 0.25) is 0 Å². The van der Waals surface area contributed by atoms with Crippen molar-refractivity contribution in [1.29, 1.82) is 0 Å². The van der Waals surface area contributed by atoms with Crippen molar-refractivity contribution in [2.75, 3.05) is 32.8 Å². The molecular weight excluding hydrogens is 364 g/mol. The van der Waals surface area contributed by atoms with Crippen LogP contribution in [0, 0.1) is 11.8 Å². The van der Waals surface area contributed by atoms with Gasteiger partial charge in [-0.1, -0.05) is 12.1 Å². The van der Waals surface area contributed by atoms with Crippen molar-refractivity contribution < 1.29 is 0 Å². The van der Waals surface area contributed by atoms with Gasteiger partial charge in [0.05, 0.1) is 6.67 Å². The molecule has 6 nitrogen and oxygen atoms in total. The Kier molecular flexibility index (Phi) is 4.06. The third kappa shape index (κ3) is 3.01. The van der Waals surface area contributed by atoms with Gasteiger partial charge in [-0.25, -0.2) is 0 Å². The first-order chi connectivity index (χ1) is 14.1. The Balaban J connectivity index is 1.19. The third-order valence-electron chi connectivity index (χ3n) is 7.51. The topological polar surface area (TPSA) is 50.5 Å². The molecule has 0 amide bonds. The van der Waals surface area contributed by atoms with Gasteiger partial charge in [-0.3, -0.25) is 19.4 Å². The predicted octanol–water partition coefficient (Wildman–Crippen LogP) is 1.51. The lowest BCUT2D eigenvalue weighted by Crippen LogP contribution is -2.54. The van der Waals surface area contributed by atoms with E-state index in [-0.39, 0.29) is 11.1 Å². The van der Waals surface area contributed by atoms with Crippen LogP contribution in [0.2, 0.25) is 0 Å². The van der Waals surface area contributed by atoms with Crippen molar-refractivity contribution in [3.63, 3.8) is 0 Å². The molecule has 4 aliphatic heterocycles. The quantitative estimate of drug-likeness (QED) is 0.777. The third-order valence-corrected chi connectivity index (χ3v) is 7.51. The van der Waals surface area contributed by atoms with E-state index in [1.807, 2.05) is 21.3 Å². The molecule has 0 aliphatic carbocycles. The lowest BCUT2D eigenvalue weighted by molar-refractivity contribution is 0.0266. The summed E-state index contributed by atoms with van der Waals surface area (Å²) in [6.07, 6.45) is 2.42. The van der Waals surface area contributed by atoms with Crippen molar-refractivity contribution in [1.82, 2.24) is 18.9 Å². The molecule has 0 radical (unpaired) electrons. The van der Waals surface area contributed by atoms with Crippen molar-refractivity contribution in [2.45, 2.75) is 37.8 Å². The SMILES string of the molecule is O=c1cccc2n1C[C@@H]1C[C@@H]2CN(CN2C[C@H]3C[C@@H](C2)c2cccc(=O)n2C3)C1. The number of hydrogen-bond acceptors (Lipinski definition) is 4. The van der Waals surface area contributed by atoms with E-state index in [1.54, 1.807) is 12.1 Å². The number of fused-ring (bicyclic) bond motifs is 8. The number of aromatic nitrogens is 2. The largest absolute Gasteiger partial charge is 0.312 e. The molecule has 6 heterocycles. The van der Waals surface area contributed by atoms with E-state index in [0.717, 1.165) is 45.9 Å². The molecule has 0 unspecified atom stereocenters. The average molecular weight is 393 g/mol. The Morgan fingerprint density at radius 3 is 1.62 bits per heavy atom. The fourth-order valence-corrected chi connectivity index (χ4v) is 6.50. The standard InChI is InChI=1S/C23H28N4O2/c28-22-5-1-3-20-18-7-16(11-26(20)22)9-24(13-18)15-25-10-17-8-19(14-25)21-4-2-6-23(29)27(21)12-17/h1-6,16-19H,7-15H2/t16-,17-,18-,19+/m1/s1. The number of piperidine rings is 2. The minimum absolute atomic E-state index is 0.156. The van der Waals surface area contributed by atoms with Gasteiger partial charge in [-0.2, -0.15) is 0 Å². The molecule has 29 heavy (non-hydrogen) atoms. The highest BCUT2D eigenvalue weighted by atomic mass is 16.1. The first kappa shape index (κ1) is 17.7. The normalized spacial score (nSPS) is 31.2. The van der Waals surface area contributed by atoms with Gasteiger partial charge < -0.3 is 9.13 Å². The van der Waals surface area contributed by atoms with Crippen molar-refractivity contribution in [2.24, 2.45) is 11.8 Å². The zero-order valence-corrected chi connectivity index (χ0v) is 16.7. The fraction of sp³-hybridized carbons (Fsp3) is 0.565. The van der Waals surface area contributed by atoms with Gasteiger partial charge >= 0.3 is 0 Å². The smallest absolute Gasteiger partial charge is 0.250 e. The number of likely N-dealkylation sites (tertiary alicyclic amines) is 2. The monoisotopic (exact) mass is 392 g/mol. The second-order valence-electron chi connectivity index (χ2n) is 9.61. The van der Waals surface area contributed by atoms with Gasteiger partial charge in [0, 0.05) is 74.6 Å². The van der Waals surface area contributed by atoms with Crippen LogP contribution in [0.1, 0.15) is 36.1 Å². The second-order valence-corrected chi connectivity index (χ2v) is 9.61.